The SMILES string of the molecule is CCOCC(=O)NCC1(C)CCCS1. The normalized spacial score (nSPS) is 26.4. The van der Waals surface area contributed by atoms with E-state index >= 15 is 0 Å². The van der Waals surface area contributed by atoms with Gasteiger partial charge in [0.05, 0.1) is 0 Å². The van der Waals surface area contributed by atoms with E-state index < -0.39 is 0 Å². The number of hydrogen-bond acceptors (Lipinski definition) is 3. The maximum Gasteiger partial charge on any atom is 0.246 e. The van der Waals surface area contributed by atoms with Crippen molar-refractivity contribution in [3.63, 3.8) is 0 Å². The zero-order chi connectivity index (χ0) is 10.4. The van der Waals surface area contributed by atoms with E-state index in [1.165, 1.54) is 18.6 Å². The molecule has 0 aliphatic carbocycles. The summed E-state index contributed by atoms with van der Waals surface area (Å²) in [7, 11) is 0. The molecular formula is C10H19NO2S. The van der Waals surface area contributed by atoms with Gasteiger partial charge in [-0.25, -0.2) is 0 Å². The number of thioether (sulfide) groups is 1. The summed E-state index contributed by atoms with van der Waals surface area (Å²) in [6, 6.07) is 0. The summed E-state index contributed by atoms with van der Waals surface area (Å²) >= 11 is 1.95. The Kier molecular flexibility index (Phi) is 4.75. The molecule has 1 amide bonds. The second-order valence-corrected chi connectivity index (χ2v) is 5.50. The number of nitrogens with one attached hydrogen (secondary N) is 1. The second kappa shape index (κ2) is 5.61. The van der Waals surface area contributed by atoms with Crippen molar-refractivity contribution in [2.24, 2.45) is 0 Å². The average molecular weight is 217 g/mol. The van der Waals surface area contributed by atoms with Crippen LogP contribution in [0.2, 0.25) is 0 Å². The van der Waals surface area contributed by atoms with Crippen molar-refractivity contribution in [1.29, 1.82) is 0 Å². The molecule has 0 spiro atoms. The van der Waals surface area contributed by atoms with Crippen LogP contribution in [-0.4, -0.2) is 36.2 Å². The van der Waals surface area contributed by atoms with E-state index in [0.29, 0.717) is 6.61 Å². The molecule has 0 radical (unpaired) electrons. The van der Waals surface area contributed by atoms with Crippen LogP contribution in [0.15, 0.2) is 0 Å². The Hall–Kier alpha value is -0.220. The number of carbonyl (C=O) groups is 1. The molecule has 1 unspecified atom stereocenters. The van der Waals surface area contributed by atoms with E-state index in [9.17, 15) is 4.79 Å². The second-order valence-electron chi connectivity index (χ2n) is 3.82. The van der Waals surface area contributed by atoms with Gasteiger partial charge < -0.3 is 10.1 Å². The first-order valence-electron chi connectivity index (χ1n) is 5.15. The van der Waals surface area contributed by atoms with Crippen LogP contribution in [-0.2, 0) is 9.53 Å². The van der Waals surface area contributed by atoms with E-state index in [0.717, 1.165) is 6.54 Å². The van der Waals surface area contributed by atoms with Gasteiger partial charge in [-0.15, -0.1) is 0 Å². The minimum atomic E-state index is 0.000532. The Labute approximate surface area is 90.0 Å². The van der Waals surface area contributed by atoms with Gasteiger partial charge in [0.2, 0.25) is 5.91 Å². The van der Waals surface area contributed by atoms with Crippen LogP contribution >= 0.6 is 11.8 Å². The molecule has 4 heteroatoms. The molecule has 1 aliphatic heterocycles. The first-order chi connectivity index (χ1) is 6.66. The van der Waals surface area contributed by atoms with E-state index in [1.54, 1.807) is 0 Å². The summed E-state index contributed by atoms with van der Waals surface area (Å²) in [5.41, 5.74) is 0. The first kappa shape index (κ1) is 11.9. The third-order valence-electron chi connectivity index (χ3n) is 2.40. The predicted octanol–water partition coefficient (Wildman–Crippen LogP) is 1.42. The highest BCUT2D eigenvalue weighted by atomic mass is 32.2. The summed E-state index contributed by atoms with van der Waals surface area (Å²) in [6.07, 6.45) is 2.47. The van der Waals surface area contributed by atoms with Crippen molar-refractivity contribution in [1.82, 2.24) is 5.32 Å². The van der Waals surface area contributed by atoms with E-state index in [4.69, 9.17) is 4.74 Å². The fourth-order valence-corrected chi connectivity index (χ4v) is 2.75. The summed E-state index contributed by atoms with van der Waals surface area (Å²) in [5, 5.41) is 2.92. The van der Waals surface area contributed by atoms with E-state index in [1.807, 2.05) is 18.7 Å². The molecule has 1 heterocycles. The maximum absolute atomic E-state index is 11.3. The van der Waals surface area contributed by atoms with Crippen LogP contribution in [0.3, 0.4) is 0 Å². The lowest BCUT2D eigenvalue weighted by Crippen LogP contribution is -2.38. The van der Waals surface area contributed by atoms with Gasteiger partial charge in [0.1, 0.15) is 6.61 Å². The van der Waals surface area contributed by atoms with Gasteiger partial charge in [0, 0.05) is 17.9 Å². The van der Waals surface area contributed by atoms with Crippen molar-refractivity contribution in [3.05, 3.63) is 0 Å². The minimum Gasteiger partial charge on any atom is -0.372 e. The zero-order valence-corrected chi connectivity index (χ0v) is 9.78. The van der Waals surface area contributed by atoms with Gasteiger partial charge in [-0.1, -0.05) is 0 Å². The topological polar surface area (TPSA) is 38.3 Å². The Morgan fingerprint density at radius 1 is 1.64 bits per heavy atom. The van der Waals surface area contributed by atoms with Crippen molar-refractivity contribution in [2.75, 3.05) is 25.5 Å². The number of amides is 1. The molecule has 1 fully saturated rings. The Morgan fingerprint density at radius 3 is 3.00 bits per heavy atom. The molecule has 0 aromatic carbocycles. The molecular weight excluding hydrogens is 198 g/mol. The van der Waals surface area contributed by atoms with Crippen LogP contribution in [0.1, 0.15) is 26.7 Å². The number of carbonyl (C=O) groups excluding carboxylic acids is 1. The Bertz CT molecular complexity index is 191. The van der Waals surface area contributed by atoms with Crippen molar-refractivity contribution in [2.45, 2.75) is 31.4 Å². The lowest BCUT2D eigenvalue weighted by molar-refractivity contribution is -0.125. The Morgan fingerprint density at radius 2 is 2.43 bits per heavy atom. The molecule has 3 nitrogen and oxygen atoms in total. The van der Waals surface area contributed by atoms with Crippen LogP contribution < -0.4 is 5.32 Å². The summed E-state index contributed by atoms with van der Waals surface area (Å²) in [4.78, 5) is 11.3. The third-order valence-corrected chi connectivity index (χ3v) is 3.94. The van der Waals surface area contributed by atoms with Crippen LogP contribution in [0.4, 0.5) is 0 Å². The maximum atomic E-state index is 11.3. The van der Waals surface area contributed by atoms with Crippen LogP contribution in [0, 0.1) is 0 Å². The smallest absolute Gasteiger partial charge is 0.246 e. The monoisotopic (exact) mass is 217 g/mol. The number of hydrogen-bond donors (Lipinski definition) is 1. The first-order valence-corrected chi connectivity index (χ1v) is 6.13. The molecule has 0 bridgehead atoms. The average Bonchev–Trinajstić information content (AvgIpc) is 2.60. The van der Waals surface area contributed by atoms with Crippen molar-refractivity contribution < 1.29 is 9.53 Å². The molecule has 1 N–H and O–H groups in total. The van der Waals surface area contributed by atoms with Crippen molar-refractivity contribution in [3.8, 4) is 0 Å². The molecule has 14 heavy (non-hydrogen) atoms. The molecule has 1 rings (SSSR count). The van der Waals surface area contributed by atoms with E-state index in [2.05, 4.69) is 12.2 Å². The molecule has 1 saturated heterocycles. The molecule has 0 aromatic rings. The standard InChI is InChI=1S/C10H19NO2S/c1-3-13-7-9(12)11-8-10(2)5-4-6-14-10/h3-8H2,1-2H3,(H,11,12). The zero-order valence-electron chi connectivity index (χ0n) is 8.97. The molecule has 82 valence electrons. The van der Waals surface area contributed by atoms with Gasteiger partial charge in [-0.3, -0.25) is 4.79 Å². The number of ether oxygens (including phenoxy) is 1. The van der Waals surface area contributed by atoms with Gasteiger partial charge in [-0.2, -0.15) is 11.8 Å². The predicted molar refractivity (Wildman–Crippen MR) is 59.6 cm³/mol. The van der Waals surface area contributed by atoms with Crippen LogP contribution in [0.25, 0.3) is 0 Å². The largest absolute Gasteiger partial charge is 0.372 e. The fraction of sp³-hybridized carbons (Fsp3) is 0.900. The highest BCUT2D eigenvalue weighted by Gasteiger charge is 2.29. The van der Waals surface area contributed by atoms with Gasteiger partial charge in [-0.05, 0) is 32.4 Å². The molecule has 0 aromatic heterocycles. The van der Waals surface area contributed by atoms with Gasteiger partial charge in [0.25, 0.3) is 0 Å². The summed E-state index contributed by atoms with van der Waals surface area (Å²) in [5.74, 6) is 1.22. The van der Waals surface area contributed by atoms with Gasteiger partial charge >= 0.3 is 0 Å². The summed E-state index contributed by atoms with van der Waals surface area (Å²) < 4.78 is 5.28. The minimum absolute atomic E-state index is 0.000532. The lowest BCUT2D eigenvalue weighted by Gasteiger charge is -2.22. The van der Waals surface area contributed by atoms with Crippen molar-refractivity contribution >= 4 is 17.7 Å². The molecule has 0 saturated carbocycles. The molecule has 1 atom stereocenters. The highest BCUT2D eigenvalue weighted by Crippen LogP contribution is 2.36. The third kappa shape index (κ3) is 3.88. The van der Waals surface area contributed by atoms with Gasteiger partial charge in [0.15, 0.2) is 0 Å². The Balaban J connectivity index is 2.15. The fourth-order valence-electron chi connectivity index (χ4n) is 1.51. The quantitative estimate of drug-likeness (QED) is 0.757. The van der Waals surface area contributed by atoms with Crippen LogP contribution in [0.5, 0.6) is 0 Å². The van der Waals surface area contributed by atoms with E-state index in [-0.39, 0.29) is 17.3 Å². The summed E-state index contributed by atoms with van der Waals surface area (Å²) in [6.45, 7) is 5.66. The lowest BCUT2D eigenvalue weighted by atomic mass is 10.1. The molecule has 1 aliphatic rings. The highest BCUT2D eigenvalue weighted by molar-refractivity contribution is 8.00. The number of rotatable bonds is 5.